The van der Waals surface area contributed by atoms with Crippen LogP contribution in [0.5, 0.6) is 11.5 Å². The summed E-state index contributed by atoms with van der Waals surface area (Å²) in [6.45, 7) is 0.498. The van der Waals surface area contributed by atoms with Gasteiger partial charge in [0.1, 0.15) is 11.5 Å². The number of methoxy groups -OCH3 is 1. The van der Waals surface area contributed by atoms with Gasteiger partial charge in [-0.3, -0.25) is 4.79 Å². The molecule has 0 spiro atoms. The smallest absolute Gasteiger partial charge is 0.310 e. The predicted molar refractivity (Wildman–Crippen MR) is 84.5 cm³/mol. The summed E-state index contributed by atoms with van der Waals surface area (Å²) in [5.74, 6) is 0.0995. The number of hydrogen-bond donors (Lipinski definition) is 1. The molecule has 0 aliphatic heterocycles. The average molecular weight is 300 g/mol. The lowest BCUT2D eigenvalue weighted by Crippen LogP contribution is -2.13. The number of hydrogen-bond acceptors (Lipinski definition) is 3. The molecule has 0 amide bonds. The van der Waals surface area contributed by atoms with E-state index in [1.54, 1.807) is 19.2 Å². The highest BCUT2D eigenvalue weighted by Gasteiger charge is 2.19. The third-order valence-corrected chi connectivity index (χ3v) is 3.44. The minimum atomic E-state index is -0.826. The molecule has 0 aromatic heterocycles. The van der Waals surface area contributed by atoms with Gasteiger partial charge in [-0.2, -0.15) is 0 Å². The summed E-state index contributed by atoms with van der Waals surface area (Å²) < 4.78 is 10.7. The largest absolute Gasteiger partial charge is 0.497 e. The fourth-order valence-corrected chi connectivity index (χ4v) is 2.29. The van der Waals surface area contributed by atoms with Gasteiger partial charge in [0, 0.05) is 0 Å². The number of aliphatic carboxylic acids is 1. The quantitative estimate of drug-likeness (QED) is 0.755. The van der Waals surface area contributed by atoms with Gasteiger partial charge in [0.2, 0.25) is 0 Å². The van der Waals surface area contributed by atoms with E-state index in [2.05, 4.69) is 0 Å². The lowest BCUT2D eigenvalue weighted by molar-refractivity contribution is -0.139. The van der Waals surface area contributed by atoms with Crippen LogP contribution in [0.25, 0.3) is 0 Å². The first-order valence-electron chi connectivity index (χ1n) is 7.25. The number of carboxylic acids is 1. The van der Waals surface area contributed by atoms with Crippen LogP contribution in [0.1, 0.15) is 24.3 Å². The van der Waals surface area contributed by atoms with Crippen LogP contribution < -0.4 is 9.47 Å². The first-order valence-corrected chi connectivity index (χ1v) is 7.25. The summed E-state index contributed by atoms with van der Waals surface area (Å²) in [6.07, 6.45) is 1.19. The predicted octanol–water partition coefficient (Wildman–Crippen LogP) is 3.72. The van der Waals surface area contributed by atoms with Gasteiger partial charge in [-0.1, -0.05) is 30.3 Å². The summed E-state index contributed by atoms with van der Waals surface area (Å²) in [6, 6.07) is 16.7. The monoisotopic (exact) mass is 300 g/mol. The van der Waals surface area contributed by atoms with Gasteiger partial charge in [0.15, 0.2) is 0 Å². The zero-order valence-electron chi connectivity index (χ0n) is 12.6. The zero-order valence-corrected chi connectivity index (χ0v) is 12.6. The van der Waals surface area contributed by atoms with Crippen LogP contribution in [-0.2, 0) is 4.79 Å². The maximum atomic E-state index is 11.5. The molecule has 0 saturated heterocycles. The Morgan fingerprint density at radius 2 is 1.82 bits per heavy atom. The van der Waals surface area contributed by atoms with E-state index in [0.717, 1.165) is 11.3 Å². The summed E-state index contributed by atoms with van der Waals surface area (Å²) in [4.78, 5) is 11.5. The average Bonchev–Trinajstić information content (AvgIpc) is 2.55. The van der Waals surface area contributed by atoms with Crippen molar-refractivity contribution < 1.29 is 19.4 Å². The van der Waals surface area contributed by atoms with Gasteiger partial charge >= 0.3 is 5.97 Å². The van der Waals surface area contributed by atoms with Crippen LogP contribution >= 0.6 is 0 Å². The van der Waals surface area contributed by atoms with E-state index in [1.807, 2.05) is 42.5 Å². The first kappa shape index (κ1) is 15.9. The maximum Gasteiger partial charge on any atom is 0.310 e. The zero-order chi connectivity index (χ0) is 15.8. The molecule has 0 heterocycles. The highest BCUT2D eigenvalue weighted by atomic mass is 16.5. The van der Waals surface area contributed by atoms with E-state index in [0.29, 0.717) is 25.2 Å². The Kier molecular flexibility index (Phi) is 5.83. The fraction of sp³-hybridized carbons (Fsp3) is 0.278. The summed E-state index contributed by atoms with van der Waals surface area (Å²) in [7, 11) is 1.57. The number of carboxylic acid groups (broad SMARTS) is 1. The Labute approximate surface area is 130 Å². The molecule has 0 fully saturated rings. The number of para-hydroxylation sites is 1. The van der Waals surface area contributed by atoms with Crippen LogP contribution in [0.15, 0.2) is 54.6 Å². The first-order chi connectivity index (χ1) is 10.7. The van der Waals surface area contributed by atoms with Crippen molar-refractivity contribution >= 4 is 5.97 Å². The SMILES string of the molecule is COc1cccc(C(CCCOc2ccccc2)C(=O)O)c1. The Bertz CT molecular complexity index is 595. The Hall–Kier alpha value is -2.49. The lowest BCUT2D eigenvalue weighted by Gasteiger charge is -2.14. The van der Waals surface area contributed by atoms with Gasteiger partial charge in [-0.05, 0) is 42.7 Å². The molecule has 1 atom stereocenters. The number of ether oxygens (including phenoxy) is 2. The molecule has 0 bridgehead atoms. The van der Waals surface area contributed by atoms with Crippen molar-refractivity contribution in [1.82, 2.24) is 0 Å². The highest BCUT2D eigenvalue weighted by Crippen LogP contribution is 2.25. The standard InChI is InChI=1S/C18H20O4/c1-21-16-10-5-7-14(13-16)17(18(19)20)11-6-12-22-15-8-3-2-4-9-15/h2-5,7-10,13,17H,6,11-12H2,1H3,(H,19,20). The van der Waals surface area contributed by atoms with Crippen LogP contribution in [0, 0.1) is 0 Å². The molecule has 1 unspecified atom stereocenters. The molecular weight excluding hydrogens is 280 g/mol. The van der Waals surface area contributed by atoms with Crippen molar-refractivity contribution in [2.75, 3.05) is 13.7 Å². The van der Waals surface area contributed by atoms with E-state index in [4.69, 9.17) is 9.47 Å². The van der Waals surface area contributed by atoms with E-state index in [1.165, 1.54) is 0 Å². The van der Waals surface area contributed by atoms with Crippen molar-refractivity contribution in [2.24, 2.45) is 0 Å². The number of carbonyl (C=O) groups is 1. The van der Waals surface area contributed by atoms with Crippen LogP contribution in [0.3, 0.4) is 0 Å². The number of benzene rings is 2. The molecule has 1 N–H and O–H groups in total. The van der Waals surface area contributed by atoms with Gasteiger partial charge in [-0.25, -0.2) is 0 Å². The number of rotatable bonds is 8. The van der Waals surface area contributed by atoms with Gasteiger partial charge < -0.3 is 14.6 Å². The second-order valence-electron chi connectivity index (χ2n) is 4.97. The Morgan fingerprint density at radius 3 is 2.50 bits per heavy atom. The molecule has 0 saturated carbocycles. The minimum absolute atomic E-state index is 0.498. The van der Waals surface area contributed by atoms with Crippen molar-refractivity contribution in [2.45, 2.75) is 18.8 Å². The lowest BCUT2D eigenvalue weighted by atomic mass is 9.94. The molecule has 22 heavy (non-hydrogen) atoms. The fourth-order valence-electron chi connectivity index (χ4n) is 2.29. The van der Waals surface area contributed by atoms with E-state index in [9.17, 15) is 9.90 Å². The molecule has 4 nitrogen and oxygen atoms in total. The third kappa shape index (κ3) is 4.52. The molecule has 2 aromatic carbocycles. The van der Waals surface area contributed by atoms with Crippen LogP contribution in [-0.4, -0.2) is 24.8 Å². The minimum Gasteiger partial charge on any atom is -0.497 e. The normalized spacial score (nSPS) is 11.7. The van der Waals surface area contributed by atoms with Gasteiger partial charge in [0.05, 0.1) is 19.6 Å². The van der Waals surface area contributed by atoms with Gasteiger partial charge in [-0.15, -0.1) is 0 Å². The van der Waals surface area contributed by atoms with Crippen LogP contribution in [0.4, 0.5) is 0 Å². The topological polar surface area (TPSA) is 55.8 Å². The van der Waals surface area contributed by atoms with Crippen LogP contribution in [0.2, 0.25) is 0 Å². The molecule has 2 aromatic rings. The van der Waals surface area contributed by atoms with Crippen molar-refractivity contribution in [1.29, 1.82) is 0 Å². The third-order valence-electron chi connectivity index (χ3n) is 3.44. The van der Waals surface area contributed by atoms with Gasteiger partial charge in [0.25, 0.3) is 0 Å². The molecule has 4 heteroatoms. The van der Waals surface area contributed by atoms with E-state index in [-0.39, 0.29) is 0 Å². The molecule has 0 radical (unpaired) electrons. The maximum absolute atomic E-state index is 11.5. The van der Waals surface area contributed by atoms with Crippen molar-refractivity contribution in [3.05, 3.63) is 60.2 Å². The second-order valence-corrected chi connectivity index (χ2v) is 4.97. The van der Waals surface area contributed by atoms with E-state index >= 15 is 0 Å². The molecule has 0 aliphatic rings. The Balaban J connectivity index is 1.90. The Morgan fingerprint density at radius 1 is 1.09 bits per heavy atom. The molecular formula is C18H20O4. The van der Waals surface area contributed by atoms with Crippen molar-refractivity contribution in [3.63, 3.8) is 0 Å². The van der Waals surface area contributed by atoms with Crippen molar-refractivity contribution in [3.8, 4) is 11.5 Å². The molecule has 2 rings (SSSR count). The highest BCUT2D eigenvalue weighted by molar-refractivity contribution is 5.76. The second kappa shape index (κ2) is 8.08. The molecule has 116 valence electrons. The summed E-state index contributed by atoms with van der Waals surface area (Å²) >= 11 is 0. The summed E-state index contributed by atoms with van der Waals surface area (Å²) in [5.41, 5.74) is 0.756. The molecule has 0 aliphatic carbocycles. The summed E-state index contributed by atoms with van der Waals surface area (Å²) in [5, 5.41) is 9.43. The van der Waals surface area contributed by atoms with E-state index < -0.39 is 11.9 Å².